The van der Waals surface area contributed by atoms with E-state index in [1.807, 2.05) is 18.2 Å². The van der Waals surface area contributed by atoms with Crippen LogP contribution < -0.4 is 9.64 Å². The predicted molar refractivity (Wildman–Crippen MR) is 168 cm³/mol. The summed E-state index contributed by atoms with van der Waals surface area (Å²) in [6.45, 7) is 2.86. The summed E-state index contributed by atoms with van der Waals surface area (Å²) in [5.41, 5.74) is 2.44. The van der Waals surface area contributed by atoms with Crippen LogP contribution in [0.4, 0.5) is 18.9 Å². The van der Waals surface area contributed by atoms with Crippen molar-refractivity contribution in [2.75, 3.05) is 31.2 Å². The maximum absolute atomic E-state index is 13.9. The number of carbonyl (C=O) groups is 1. The van der Waals surface area contributed by atoms with Gasteiger partial charge in [-0.15, -0.1) is 0 Å². The van der Waals surface area contributed by atoms with E-state index in [-0.39, 0.29) is 28.7 Å². The van der Waals surface area contributed by atoms with Crippen LogP contribution in [-0.2, 0) is 17.3 Å². The number of hydrogen-bond donors (Lipinski definition) is 1. The van der Waals surface area contributed by atoms with Gasteiger partial charge in [-0.25, -0.2) is 9.78 Å². The van der Waals surface area contributed by atoms with Crippen molar-refractivity contribution in [3.63, 3.8) is 0 Å². The van der Waals surface area contributed by atoms with E-state index in [4.69, 9.17) is 14.0 Å². The Morgan fingerprint density at radius 3 is 2.55 bits per heavy atom. The number of ether oxygens (including phenoxy) is 2. The molecule has 2 aliphatic heterocycles. The first-order chi connectivity index (χ1) is 22.7. The number of anilines is 1. The van der Waals surface area contributed by atoms with Gasteiger partial charge in [-0.3, -0.25) is 0 Å². The van der Waals surface area contributed by atoms with Crippen molar-refractivity contribution in [1.29, 1.82) is 0 Å². The summed E-state index contributed by atoms with van der Waals surface area (Å²) in [7, 11) is 0. The van der Waals surface area contributed by atoms with Gasteiger partial charge in [0, 0.05) is 53.7 Å². The summed E-state index contributed by atoms with van der Waals surface area (Å²) >= 11 is 0. The summed E-state index contributed by atoms with van der Waals surface area (Å²) in [6.07, 6.45) is 2.96. The Balaban J connectivity index is 0.965. The maximum Gasteiger partial charge on any atom is 0.417 e. The Kier molecular flexibility index (Phi) is 7.42. The Labute approximate surface area is 269 Å². The number of alkyl halides is 3. The van der Waals surface area contributed by atoms with E-state index in [2.05, 4.69) is 15.0 Å². The number of aromatic nitrogens is 2. The lowest BCUT2D eigenvalue weighted by atomic mass is 9.56. The number of halogens is 3. The molecule has 4 aliphatic rings. The van der Waals surface area contributed by atoms with Crippen LogP contribution >= 0.6 is 0 Å². The Hall–Kier alpha value is -4.12. The number of piperidine rings is 1. The quantitative estimate of drug-likeness (QED) is 0.206. The molecule has 8 nitrogen and oxygen atoms in total. The molecule has 1 spiro atoms. The predicted octanol–water partition coefficient (Wildman–Crippen LogP) is 7.89. The second-order valence-electron chi connectivity index (χ2n) is 13.8. The first kappa shape index (κ1) is 30.2. The van der Waals surface area contributed by atoms with Crippen LogP contribution in [-0.4, -0.2) is 53.6 Å². The van der Waals surface area contributed by atoms with Crippen molar-refractivity contribution >= 4 is 22.6 Å². The average molecular weight is 648 g/mol. The van der Waals surface area contributed by atoms with Crippen LogP contribution in [0.25, 0.3) is 22.2 Å². The third kappa shape index (κ3) is 5.83. The highest BCUT2D eigenvalue weighted by molar-refractivity contribution is 5.94. The molecule has 4 fully saturated rings. The number of benzene rings is 2. The molecule has 2 aliphatic carbocycles. The standard InChI is InChI=1S/C36H36F3N3O5/c37-36(38,39)28-4-2-1-3-25(28)32-27(33(47-41-32)22-5-6-22)15-21-18-35(19-21)10-12-42(13-11-35)23-7-8-29-26(16-23)31(17-30(40-29)34(43)44)46-24-9-14-45-20-24/h1-4,7-8,16-17,21-22,24H,5-6,9-15,18-20H2,(H,43,44). The van der Waals surface area contributed by atoms with Crippen molar-refractivity contribution in [1.82, 2.24) is 10.1 Å². The maximum atomic E-state index is 13.9. The molecule has 4 aromatic rings. The fraction of sp³-hybridized carbons (Fsp3) is 0.472. The molecule has 8 rings (SSSR count). The third-order valence-corrected chi connectivity index (χ3v) is 10.5. The molecule has 47 heavy (non-hydrogen) atoms. The lowest BCUT2D eigenvalue weighted by Gasteiger charge is -2.53. The third-order valence-electron chi connectivity index (χ3n) is 10.5. The molecule has 2 aromatic carbocycles. The van der Waals surface area contributed by atoms with E-state index in [1.165, 1.54) is 18.2 Å². The lowest BCUT2D eigenvalue weighted by molar-refractivity contribution is -0.137. The zero-order chi connectivity index (χ0) is 32.3. The molecule has 1 unspecified atom stereocenters. The van der Waals surface area contributed by atoms with Gasteiger partial charge in [-0.05, 0) is 80.5 Å². The number of nitrogens with zero attached hydrogens (tertiary/aromatic N) is 3. The minimum atomic E-state index is -4.47. The molecule has 0 radical (unpaired) electrons. The number of pyridine rings is 1. The number of hydrogen-bond acceptors (Lipinski definition) is 7. The van der Waals surface area contributed by atoms with Crippen molar-refractivity contribution in [3.8, 4) is 17.0 Å². The molecule has 1 N–H and O–H groups in total. The SMILES string of the molecule is O=C(O)c1cc(OC2CCOC2)c2cc(N3CCC4(CC3)CC(Cc3c(-c5ccccc5C(F)(F)F)noc3C3CC3)C4)ccc2n1. The number of carboxylic acid groups (broad SMARTS) is 1. The van der Waals surface area contributed by atoms with Gasteiger partial charge >= 0.3 is 12.1 Å². The number of rotatable bonds is 8. The van der Waals surface area contributed by atoms with Crippen molar-refractivity contribution in [2.24, 2.45) is 11.3 Å². The van der Waals surface area contributed by atoms with Gasteiger partial charge in [0.05, 0.1) is 24.3 Å². The van der Waals surface area contributed by atoms with E-state index in [0.717, 1.165) is 86.5 Å². The molecule has 2 saturated carbocycles. The van der Waals surface area contributed by atoms with Crippen LogP contribution in [0.2, 0.25) is 0 Å². The normalized spacial score (nSPS) is 21.3. The van der Waals surface area contributed by atoms with E-state index >= 15 is 0 Å². The van der Waals surface area contributed by atoms with Crippen LogP contribution in [0.3, 0.4) is 0 Å². The molecule has 4 heterocycles. The molecule has 1 atom stereocenters. The minimum Gasteiger partial charge on any atom is -0.487 e. The highest BCUT2D eigenvalue weighted by Crippen LogP contribution is 2.55. The van der Waals surface area contributed by atoms with Gasteiger partial charge in [0.2, 0.25) is 0 Å². The Morgan fingerprint density at radius 1 is 1.06 bits per heavy atom. The van der Waals surface area contributed by atoms with Gasteiger partial charge in [-0.1, -0.05) is 23.4 Å². The molecule has 2 aromatic heterocycles. The number of aromatic carboxylic acids is 1. The van der Waals surface area contributed by atoms with Crippen molar-refractivity contribution in [3.05, 3.63) is 71.1 Å². The van der Waals surface area contributed by atoms with Crippen LogP contribution in [0.15, 0.2) is 53.1 Å². The largest absolute Gasteiger partial charge is 0.487 e. The molecule has 0 amide bonds. The fourth-order valence-corrected chi connectivity index (χ4v) is 7.95. The summed E-state index contributed by atoms with van der Waals surface area (Å²) in [5.74, 6) is 0.824. The molecular formula is C36H36F3N3O5. The zero-order valence-corrected chi connectivity index (χ0v) is 25.9. The number of carboxylic acids is 1. The van der Waals surface area contributed by atoms with Gasteiger partial charge in [-0.2, -0.15) is 13.2 Å². The Bertz CT molecular complexity index is 1810. The van der Waals surface area contributed by atoms with Gasteiger partial charge in [0.15, 0.2) is 5.69 Å². The van der Waals surface area contributed by atoms with E-state index in [9.17, 15) is 23.1 Å². The fourth-order valence-electron chi connectivity index (χ4n) is 7.95. The van der Waals surface area contributed by atoms with Gasteiger partial charge in [0.1, 0.15) is 23.3 Å². The first-order valence-electron chi connectivity index (χ1n) is 16.5. The Morgan fingerprint density at radius 2 is 1.85 bits per heavy atom. The van der Waals surface area contributed by atoms with Crippen molar-refractivity contribution < 1.29 is 37.1 Å². The topological polar surface area (TPSA) is 97.9 Å². The number of fused-ring (bicyclic) bond motifs is 1. The van der Waals surface area contributed by atoms with Crippen LogP contribution in [0.5, 0.6) is 5.75 Å². The lowest BCUT2D eigenvalue weighted by Crippen LogP contribution is -2.47. The van der Waals surface area contributed by atoms with Gasteiger partial charge < -0.3 is 24.0 Å². The van der Waals surface area contributed by atoms with E-state index in [1.54, 1.807) is 6.07 Å². The molecule has 246 valence electrons. The molecule has 0 bridgehead atoms. The average Bonchev–Trinajstić information content (AvgIpc) is 3.59. The monoisotopic (exact) mass is 647 g/mol. The van der Waals surface area contributed by atoms with Crippen molar-refractivity contribution in [2.45, 2.75) is 69.6 Å². The van der Waals surface area contributed by atoms with Gasteiger partial charge in [0.25, 0.3) is 0 Å². The summed E-state index contributed by atoms with van der Waals surface area (Å²) in [6, 6.07) is 13.1. The summed E-state index contributed by atoms with van der Waals surface area (Å²) in [4.78, 5) is 18.4. The van der Waals surface area contributed by atoms with E-state index < -0.39 is 17.7 Å². The van der Waals surface area contributed by atoms with E-state index in [0.29, 0.717) is 42.5 Å². The summed E-state index contributed by atoms with van der Waals surface area (Å²) < 4.78 is 59.1. The van der Waals surface area contributed by atoms with Crippen LogP contribution in [0, 0.1) is 11.3 Å². The zero-order valence-electron chi connectivity index (χ0n) is 25.9. The minimum absolute atomic E-state index is 0.0502. The molecule has 11 heteroatoms. The summed E-state index contributed by atoms with van der Waals surface area (Å²) in [5, 5.41) is 14.6. The molecule has 2 saturated heterocycles. The highest BCUT2D eigenvalue weighted by atomic mass is 19.4. The highest BCUT2D eigenvalue weighted by Gasteiger charge is 2.47. The molecular weight excluding hydrogens is 611 g/mol. The second kappa shape index (κ2) is 11.5. The first-order valence-corrected chi connectivity index (χ1v) is 16.5. The smallest absolute Gasteiger partial charge is 0.417 e. The second-order valence-corrected chi connectivity index (χ2v) is 13.8. The van der Waals surface area contributed by atoms with Crippen LogP contribution in [0.1, 0.15) is 78.2 Å².